The molecule has 2 aliphatic heterocycles. The van der Waals surface area contributed by atoms with Crippen molar-refractivity contribution in [3.63, 3.8) is 0 Å². The second-order valence-electron chi connectivity index (χ2n) is 5.89. The number of ether oxygens (including phenoxy) is 1. The largest absolute Gasteiger partial charge is 0.445 e. The van der Waals surface area contributed by atoms with Crippen LogP contribution in [0.4, 0.5) is 0 Å². The van der Waals surface area contributed by atoms with E-state index in [0.29, 0.717) is 50.8 Å². The molecule has 0 unspecified atom stereocenters. The van der Waals surface area contributed by atoms with Crippen molar-refractivity contribution in [2.24, 2.45) is 0 Å². The molecule has 0 saturated carbocycles. The Balaban J connectivity index is 1.70. The van der Waals surface area contributed by atoms with Crippen LogP contribution >= 0.6 is 11.8 Å². The van der Waals surface area contributed by atoms with Crippen LogP contribution in [0.1, 0.15) is 23.4 Å². The third-order valence-corrected chi connectivity index (χ3v) is 7.34. The normalized spacial score (nSPS) is 23.4. The Morgan fingerprint density at radius 2 is 2.00 bits per heavy atom. The summed E-state index contributed by atoms with van der Waals surface area (Å²) in [5.74, 6) is 0.0287. The van der Waals surface area contributed by atoms with Crippen molar-refractivity contribution in [1.82, 2.24) is 9.21 Å². The highest BCUT2D eigenvalue weighted by Gasteiger charge is 2.37. The van der Waals surface area contributed by atoms with Crippen LogP contribution in [-0.2, 0) is 14.8 Å². The maximum Gasteiger partial charge on any atom is 0.289 e. The minimum atomic E-state index is -3.41. The summed E-state index contributed by atoms with van der Waals surface area (Å²) in [5, 5.41) is 0.121. The van der Waals surface area contributed by atoms with E-state index in [1.165, 1.54) is 16.1 Å². The molecule has 0 spiro atoms. The van der Waals surface area contributed by atoms with E-state index in [0.717, 1.165) is 0 Å². The summed E-state index contributed by atoms with van der Waals surface area (Å²) < 4.78 is 37.8. The van der Waals surface area contributed by atoms with E-state index in [-0.39, 0.29) is 18.2 Å². The Labute approximate surface area is 146 Å². The average molecular weight is 374 g/mol. The quantitative estimate of drug-likeness (QED) is 0.739. The molecule has 1 aromatic heterocycles. The summed E-state index contributed by atoms with van der Waals surface area (Å²) in [5.41, 5.74) is 0. The average Bonchev–Trinajstić information content (AvgIpc) is 3.11. The summed E-state index contributed by atoms with van der Waals surface area (Å²) in [6.07, 6.45) is 3.13. The van der Waals surface area contributed by atoms with Gasteiger partial charge in [0.1, 0.15) is 0 Å². The van der Waals surface area contributed by atoms with E-state index in [1.54, 1.807) is 17.0 Å². The molecule has 24 heavy (non-hydrogen) atoms. The molecule has 9 heteroatoms. The Hall–Kier alpha value is -1.03. The van der Waals surface area contributed by atoms with Crippen molar-refractivity contribution >= 4 is 27.7 Å². The molecule has 2 saturated heterocycles. The summed E-state index contributed by atoms with van der Waals surface area (Å²) >= 11 is 1.43. The van der Waals surface area contributed by atoms with Crippen LogP contribution in [-0.4, -0.2) is 74.4 Å². The molecule has 7 nitrogen and oxygen atoms in total. The number of rotatable bonds is 4. The Morgan fingerprint density at radius 3 is 2.67 bits per heavy atom. The molecule has 1 atom stereocenters. The number of furan rings is 1. The topological polar surface area (TPSA) is 80.1 Å². The van der Waals surface area contributed by atoms with Crippen molar-refractivity contribution in [1.29, 1.82) is 0 Å². The first-order chi connectivity index (χ1) is 11.5. The zero-order valence-corrected chi connectivity index (χ0v) is 15.3. The number of hydrogen-bond acceptors (Lipinski definition) is 6. The van der Waals surface area contributed by atoms with Crippen LogP contribution in [0.3, 0.4) is 0 Å². The number of morpholine rings is 1. The fourth-order valence-electron chi connectivity index (χ4n) is 3.08. The van der Waals surface area contributed by atoms with Gasteiger partial charge in [-0.3, -0.25) is 4.79 Å². The highest BCUT2D eigenvalue weighted by molar-refractivity contribution is 7.98. The van der Waals surface area contributed by atoms with Gasteiger partial charge in [0.05, 0.1) is 18.5 Å². The first-order valence-electron chi connectivity index (χ1n) is 8.02. The van der Waals surface area contributed by atoms with Crippen LogP contribution in [0.25, 0.3) is 0 Å². The van der Waals surface area contributed by atoms with E-state index in [1.807, 2.05) is 6.26 Å². The fraction of sp³-hybridized carbons (Fsp3) is 0.667. The number of likely N-dealkylation sites (tertiary alicyclic amines) is 1. The van der Waals surface area contributed by atoms with E-state index < -0.39 is 15.3 Å². The number of hydrogen-bond donors (Lipinski definition) is 0. The van der Waals surface area contributed by atoms with Gasteiger partial charge in [0.2, 0.25) is 10.0 Å². The van der Waals surface area contributed by atoms with Crippen molar-refractivity contribution in [3.8, 4) is 0 Å². The lowest BCUT2D eigenvalue weighted by Crippen LogP contribution is -2.51. The molecule has 0 bridgehead atoms. The zero-order valence-electron chi connectivity index (χ0n) is 13.6. The molecule has 2 fully saturated rings. The number of sulfonamides is 1. The Kier molecular flexibility index (Phi) is 5.53. The molecule has 0 aromatic carbocycles. The lowest BCUT2D eigenvalue weighted by Gasteiger charge is -2.36. The van der Waals surface area contributed by atoms with Gasteiger partial charge >= 0.3 is 0 Å². The van der Waals surface area contributed by atoms with Gasteiger partial charge in [-0.25, -0.2) is 8.42 Å². The van der Waals surface area contributed by atoms with Crippen molar-refractivity contribution < 1.29 is 22.4 Å². The molecule has 2 aliphatic rings. The maximum atomic E-state index is 12.8. The van der Waals surface area contributed by atoms with Crippen LogP contribution in [0.5, 0.6) is 0 Å². The third-order valence-electron chi connectivity index (χ3n) is 4.41. The van der Waals surface area contributed by atoms with Gasteiger partial charge in [-0.2, -0.15) is 4.31 Å². The number of carbonyl (C=O) groups excluding carboxylic acids is 1. The molecule has 3 heterocycles. The molecule has 1 amide bonds. The number of amides is 1. The van der Waals surface area contributed by atoms with Crippen molar-refractivity contribution in [3.05, 3.63) is 17.9 Å². The maximum absolute atomic E-state index is 12.8. The molecule has 134 valence electrons. The third kappa shape index (κ3) is 3.63. The van der Waals surface area contributed by atoms with Crippen LogP contribution < -0.4 is 0 Å². The van der Waals surface area contributed by atoms with Gasteiger partial charge in [-0.05, 0) is 31.2 Å². The number of nitrogens with zero attached hydrogens (tertiary/aromatic N) is 2. The first-order valence-corrected chi connectivity index (χ1v) is 10.7. The standard InChI is InChI=1S/C15H22N2O5S2/c1-23-14-5-4-13(22-14)15(18)16-6-2-3-12(11-16)24(19,20)17-7-9-21-10-8-17/h4-5,12H,2-3,6-11H2,1H3/t12-/m0/s1. The van der Waals surface area contributed by atoms with Crippen molar-refractivity contribution in [2.75, 3.05) is 45.6 Å². The summed E-state index contributed by atoms with van der Waals surface area (Å²) in [6.45, 7) is 2.41. The molecular weight excluding hydrogens is 352 g/mol. The highest BCUT2D eigenvalue weighted by Crippen LogP contribution is 2.24. The van der Waals surface area contributed by atoms with Gasteiger partial charge in [0.25, 0.3) is 5.91 Å². The predicted molar refractivity (Wildman–Crippen MR) is 90.7 cm³/mol. The lowest BCUT2D eigenvalue weighted by molar-refractivity contribution is 0.0663. The molecule has 0 aliphatic carbocycles. The first kappa shape index (κ1) is 17.8. The van der Waals surface area contributed by atoms with E-state index in [2.05, 4.69) is 0 Å². The smallest absolute Gasteiger partial charge is 0.289 e. The van der Waals surface area contributed by atoms with E-state index in [9.17, 15) is 13.2 Å². The van der Waals surface area contributed by atoms with Crippen LogP contribution in [0.2, 0.25) is 0 Å². The second kappa shape index (κ2) is 7.47. The van der Waals surface area contributed by atoms with Crippen molar-refractivity contribution in [2.45, 2.75) is 23.2 Å². The minimum absolute atomic E-state index is 0.216. The summed E-state index contributed by atoms with van der Waals surface area (Å²) in [4.78, 5) is 14.2. The number of carbonyl (C=O) groups is 1. The molecular formula is C15H22N2O5S2. The van der Waals surface area contributed by atoms with Gasteiger partial charge in [0.15, 0.2) is 10.9 Å². The summed E-state index contributed by atoms with van der Waals surface area (Å²) in [6, 6.07) is 3.40. The number of thioether (sulfide) groups is 1. The Bertz CT molecular complexity index is 682. The monoisotopic (exact) mass is 374 g/mol. The van der Waals surface area contributed by atoms with Gasteiger partial charge in [-0.1, -0.05) is 11.8 Å². The molecule has 1 aromatic rings. The van der Waals surface area contributed by atoms with Crippen LogP contribution in [0, 0.1) is 0 Å². The van der Waals surface area contributed by atoms with E-state index >= 15 is 0 Å². The fourth-order valence-corrected chi connectivity index (χ4v) is 5.37. The zero-order chi connectivity index (χ0) is 17.2. The van der Waals surface area contributed by atoms with Gasteiger partial charge in [-0.15, -0.1) is 0 Å². The minimum Gasteiger partial charge on any atom is -0.445 e. The second-order valence-corrected chi connectivity index (χ2v) is 8.92. The lowest BCUT2D eigenvalue weighted by atomic mass is 10.1. The van der Waals surface area contributed by atoms with Gasteiger partial charge in [0, 0.05) is 26.2 Å². The summed E-state index contributed by atoms with van der Waals surface area (Å²) in [7, 11) is -3.41. The predicted octanol–water partition coefficient (Wildman–Crippen LogP) is 1.27. The molecule has 3 rings (SSSR count). The van der Waals surface area contributed by atoms with Crippen LogP contribution in [0.15, 0.2) is 21.6 Å². The van der Waals surface area contributed by atoms with E-state index in [4.69, 9.17) is 9.15 Å². The number of piperidine rings is 1. The molecule has 0 radical (unpaired) electrons. The SMILES string of the molecule is CSc1ccc(C(=O)N2CCC[C@H](S(=O)(=O)N3CCOCC3)C2)o1. The molecule has 0 N–H and O–H groups in total. The van der Waals surface area contributed by atoms with Gasteiger partial charge < -0.3 is 14.1 Å². The Morgan fingerprint density at radius 1 is 1.25 bits per heavy atom. The highest BCUT2D eigenvalue weighted by atomic mass is 32.2.